The van der Waals surface area contributed by atoms with Gasteiger partial charge in [0, 0.05) is 6.54 Å². The first-order chi connectivity index (χ1) is 6.49. The summed E-state index contributed by atoms with van der Waals surface area (Å²) in [4.78, 5) is 5.10. The highest BCUT2D eigenvalue weighted by atomic mass is 32.1. The van der Waals surface area contributed by atoms with Gasteiger partial charge in [0.25, 0.3) is 0 Å². The van der Waals surface area contributed by atoms with Gasteiger partial charge in [0.1, 0.15) is 0 Å². The molecule has 0 saturated heterocycles. The summed E-state index contributed by atoms with van der Waals surface area (Å²) in [6, 6.07) is 0.220. The first-order valence-corrected chi connectivity index (χ1v) is 5.58. The molecule has 1 atom stereocenters. The highest BCUT2D eigenvalue weighted by Crippen LogP contribution is 2.00. The molecule has 4 heteroatoms. The predicted molar refractivity (Wildman–Crippen MR) is 66.7 cm³/mol. The van der Waals surface area contributed by atoms with Gasteiger partial charge in [0.15, 0.2) is 0 Å². The Morgan fingerprint density at radius 2 is 1.93 bits per heavy atom. The van der Waals surface area contributed by atoms with E-state index in [-0.39, 0.29) is 6.04 Å². The quantitative estimate of drug-likeness (QED) is 0.643. The molecule has 0 radical (unpaired) electrons. The van der Waals surface area contributed by atoms with Crippen LogP contribution in [0.5, 0.6) is 0 Å². The second kappa shape index (κ2) is 7.15. The molecule has 0 aromatic heterocycles. The van der Waals surface area contributed by atoms with Crippen molar-refractivity contribution >= 4 is 17.2 Å². The standard InChI is InChI=1S/C10H23N3S/c1-5-13(9(2)10(11)14)8-6-7-12(3)4/h9H,5-8H2,1-4H3,(H2,11,14). The van der Waals surface area contributed by atoms with Crippen molar-refractivity contribution in [2.45, 2.75) is 26.3 Å². The van der Waals surface area contributed by atoms with Crippen molar-refractivity contribution < 1.29 is 0 Å². The van der Waals surface area contributed by atoms with Crippen molar-refractivity contribution in [1.29, 1.82) is 0 Å². The SMILES string of the molecule is CCN(CCCN(C)C)C(C)C(N)=S. The Kier molecular flexibility index (Phi) is 7.05. The third kappa shape index (κ3) is 5.52. The molecule has 0 aromatic rings. The number of hydrogen-bond acceptors (Lipinski definition) is 3. The highest BCUT2D eigenvalue weighted by Gasteiger charge is 2.13. The van der Waals surface area contributed by atoms with E-state index in [0.717, 1.165) is 26.1 Å². The number of likely N-dealkylation sites (N-methyl/N-ethyl adjacent to an activating group) is 1. The van der Waals surface area contributed by atoms with E-state index in [1.54, 1.807) is 0 Å². The summed E-state index contributed by atoms with van der Waals surface area (Å²) >= 11 is 4.99. The molecule has 0 bridgehead atoms. The molecule has 0 spiro atoms. The Morgan fingerprint density at radius 1 is 1.36 bits per heavy atom. The van der Waals surface area contributed by atoms with Crippen molar-refractivity contribution in [2.75, 3.05) is 33.7 Å². The molecule has 3 nitrogen and oxygen atoms in total. The monoisotopic (exact) mass is 217 g/mol. The van der Waals surface area contributed by atoms with Gasteiger partial charge in [0.05, 0.1) is 11.0 Å². The summed E-state index contributed by atoms with van der Waals surface area (Å²) < 4.78 is 0. The number of rotatable bonds is 7. The van der Waals surface area contributed by atoms with E-state index in [0.29, 0.717) is 4.99 Å². The van der Waals surface area contributed by atoms with E-state index in [9.17, 15) is 0 Å². The zero-order valence-electron chi connectivity index (χ0n) is 9.79. The van der Waals surface area contributed by atoms with Gasteiger partial charge in [-0.1, -0.05) is 19.1 Å². The fourth-order valence-electron chi connectivity index (χ4n) is 1.40. The molecule has 0 aliphatic rings. The minimum atomic E-state index is 0.220. The van der Waals surface area contributed by atoms with Crippen LogP contribution in [0.2, 0.25) is 0 Å². The van der Waals surface area contributed by atoms with E-state index in [1.807, 2.05) is 0 Å². The molecule has 0 aliphatic carbocycles. The highest BCUT2D eigenvalue weighted by molar-refractivity contribution is 7.80. The molecule has 0 amide bonds. The van der Waals surface area contributed by atoms with Crippen molar-refractivity contribution in [3.05, 3.63) is 0 Å². The van der Waals surface area contributed by atoms with Gasteiger partial charge >= 0.3 is 0 Å². The minimum Gasteiger partial charge on any atom is -0.392 e. The summed E-state index contributed by atoms with van der Waals surface area (Å²) in [6.07, 6.45) is 1.16. The molecule has 0 rings (SSSR count). The van der Waals surface area contributed by atoms with Crippen molar-refractivity contribution in [2.24, 2.45) is 5.73 Å². The molecule has 84 valence electrons. The molecular weight excluding hydrogens is 194 g/mol. The lowest BCUT2D eigenvalue weighted by Gasteiger charge is -2.27. The maximum atomic E-state index is 5.62. The summed E-state index contributed by atoms with van der Waals surface area (Å²) in [6.45, 7) is 7.39. The first-order valence-electron chi connectivity index (χ1n) is 5.17. The Bertz CT molecular complexity index is 171. The normalized spacial score (nSPS) is 13.6. The van der Waals surface area contributed by atoms with Crippen LogP contribution in [0.15, 0.2) is 0 Å². The van der Waals surface area contributed by atoms with Gasteiger partial charge in [-0.05, 0) is 40.5 Å². The first kappa shape index (κ1) is 13.8. The van der Waals surface area contributed by atoms with Crippen molar-refractivity contribution in [3.63, 3.8) is 0 Å². The summed E-state index contributed by atoms with van der Waals surface area (Å²) in [7, 11) is 4.18. The topological polar surface area (TPSA) is 32.5 Å². The Hall–Kier alpha value is -0.190. The van der Waals surface area contributed by atoms with Gasteiger partial charge in [-0.25, -0.2) is 0 Å². The lowest BCUT2D eigenvalue weighted by molar-refractivity contribution is 0.249. The number of hydrogen-bond donors (Lipinski definition) is 1. The van der Waals surface area contributed by atoms with Gasteiger partial charge in [-0.2, -0.15) is 0 Å². The zero-order valence-corrected chi connectivity index (χ0v) is 10.6. The van der Waals surface area contributed by atoms with Crippen LogP contribution in [0.25, 0.3) is 0 Å². The Balaban J connectivity index is 3.84. The molecule has 0 heterocycles. The predicted octanol–water partition coefficient (Wildman–Crippen LogP) is 0.935. The van der Waals surface area contributed by atoms with E-state index in [4.69, 9.17) is 18.0 Å². The molecular formula is C10H23N3S. The average molecular weight is 217 g/mol. The third-order valence-electron chi connectivity index (χ3n) is 2.42. The molecule has 0 aromatic carbocycles. The third-order valence-corrected chi connectivity index (χ3v) is 2.76. The van der Waals surface area contributed by atoms with Crippen LogP contribution >= 0.6 is 12.2 Å². The molecule has 0 saturated carbocycles. The van der Waals surface area contributed by atoms with Gasteiger partial charge in [-0.15, -0.1) is 0 Å². The summed E-state index contributed by atoms with van der Waals surface area (Å²) in [5, 5.41) is 0. The van der Waals surface area contributed by atoms with Gasteiger partial charge in [0.2, 0.25) is 0 Å². The molecule has 0 fully saturated rings. The van der Waals surface area contributed by atoms with Crippen LogP contribution < -0.4 is 5.73 Å². The second-order valence-corrected chi connectivity index (χ2v) is 4.34. The number of nitrogens with two attached hydrogens (primary N) is 1. The van der Waals surface area contributed by atoms with Crippen LogP contribution in [0.1, 0.15) is 20.3 Å². The molecule has 2 N–H and O–H groups in total. The van der Waals surface area contributed by atoms with Crippen LogP contribution in [-0.4, -0.2) is 54.6 Å². The fraction of sp³-hybridized carbons (Fsp3) is 0.900. The fourth-order valence-corrected chi connectivity index (χ4v) is 1.54. The van der Waals surface area contributed by atoms with Crippen molar-refractivity contribution in [3.8, 4) is 0 Å². The van der Waals surface area contributed by atoms with E-state index in [2.05, 4.69) is 37.7 Å². The van der Waals surface area contributed by atoms with Crippen LogP contribution in [0.3, 0.4) is 0 Å². The Morgan fingerprint density at radius 3 is 2.29 bits per heavy atom. The molecule has 14 heavy (non-hydrogen) atoms. The number of nitrogens with zero attached hydrogens (tertiary/aromatic N) is 2. The molecule has 0 aliphatic heterocycles. The summed E-state index contributed by atoms with van der Waals surface area (Å²) in [5.74, 6) is 0. The molecule has 1 unspecified atom stereocenters. The lowest BCUT2D eigenvalue weighted by atomic mass is 10.2. The lowest BCUT2D eigenvalue weighted by Crippen LogP contribution is -2.42. The van der Waals surface area contributed by atoms with Crippen molar-refractivity contribution in [1.82, 2.24) is 9.80 Å². The summed E-state index contributed by atoms with van der Waals surface area (Å²) in [5.41, 5.74) is 5.62. The smallest absolute Gasteiger partial charge is 0.0899 e. The van der Waals surface area contributed by atoms with E-state index >= 15 is 0 Å². The second-order valence-electron chi connectivity index (χ2n) is 3.86. The zero-order chi connectivity index (χ0) is 11.1. The number of thiocarbonyl (C=S) groups is 1. The van der Waals surface area contributed by atoms with E-state index in [1.165, 1.54) is 0 Å². The van der Waals surface area contributed by atoms with Crippen LogP contribution in [0, 0.1) is 0 Å². The largest absolute Gasteiger partial charge is 0.392 e. The maximum Gasteiger partial charge on any atom is 0.0899 e. The van der Waals surface area contributed by atoms with Crippen LogP contribution in [-0.2, 0) is 0 Å². The van der Waals surface area contributed by atoms with Gasteiger partial charge < -0.3 is 10.6 Å². The van der Waals surface area contributed by atoms with E-state index < -0.39 is 0 Å². The van der Waals surface area contributed by atoms with Crippen LogP contribution in [0.4, 0.5) is 0 Å². The van der Waals surface area contributed by atoms with Gasteiger partial charge in [-0.3, -0.25) is 4.90 Å². The minimum absolute atomic E-state index is 0.220. The maximum absolute atomic E-state index is 5.62. The Labute approximate surface area is 93.2 Å². The average Bonchev–Trinajstić information content (AvgIpc) is 2.10.